The molecule has 0 unspecified atom stereocenters. The highest BCUT2D eigenvalue weighted by atomic mass is 16.7. The van der Waals surface area contributed by atoms with E-state index in [9.17, 15) is 14.4 Å². The number of ketones is 2. The Labute approximate surface area is 209 Å². The molecule has 0 N–H and O–H groups in total. The van der Waals surface area contributed by atoms with Crippen molar-refractivity contribution in [2.24, 2.45) is 5.41 Å². The molecule has 192 valence electrons. The van der Waals surface area contributed by atoms with Gasteiger partial charge in [-0.1, -0.05) is 17.7 Å². The fourth-order valence-corrected chi connectivity index (χ4v) is 6.24. The summed E-state index contributed by atoms with van der Waals surface area (Å²) >= 11 is 0. The third-order valence-electron chi connectivity index (χ3n) is 8.08. The molecule has 2 saturated heterocycles. The van der Waals surface area contributed by atoms with Crippen molar-refractivity contribution in [3.63, 3.8) is 0 Å². The number of hydroxylamine groups is 2. The second-order valence-corrected chi connectivity index (χ2v) is 10.9. The minimum atomic E-state index is -0.632. The van der Waals surface area contributed by atoms with Gasteiger partial charge in [0.2, 0.25) is 5.91 Å². The Morgan fingerprint density at radius 1 is 1.06 bits per heavy atom. The molecule has 35 heavy (non-hydrogen) atoms. The van der Waals surface area contributed by atoms with Gasteiger partial charge in [-0.05, 0) is 68.6 Å². The Hall–Kier alpha value is -2.09. The zero-order valence-electron chi connectivity index (χ0n) is 21.7. The van der Waals surface area contributed by atoms with Gasteiger partial charge in [-0.25, -0.2) is 0 Å². The minimum Gasteiger partial charge on any atom is -0.381 e. The third kappa shape index (κ3) is 6.01. The molecule has 1 spiro atoms. The average Bonchev–Trinajstić information content (AvgIpc) is 2.80. The van der Waals surface area contributed by atoms with Crippen LogP contribution >= 0.6 is 0 Å². The lowest BCUT2D eigenvalue weighted by Gasteiger charge is -2.45. The van der Waals surface area contributed by atoms with E-state index in [1.807, 2.05) is 32.7 Å². The molecule has 0 radical (unpaired) electrons. The third-order valence-corrected chi connectivity index (χ3v) is 8.08. The molecule has 3 fully saturated rings. The lowest BCUT2D eigenvalue weighted by Crippen LogP contribution is -2.48. The van der Waals surface area contributed by atoms with Crippen LogP contribution in [0.25, 0.3) is 0 Å². The van der Waals surface area contributed by atoms with E-state index in [1.165, 1.54) is 0 Å². The Bertz CT molecular complexity index is 917. The number of rotatable bonds is 6. The predicted octanol–water partition coefficient (Wildman–Crippen LogP) is 3.67. The maximum Gasteiger partial charge on any atom is 0.223 e. The summed E-state index contributed by atoms with van der Waals surface area (Å²) in [5.74, 6) is -0.433. The molecular formula is C28H40N2O5. The van der Waals surface area contributed by atoms with Gasteiger partial charge in [0, 0.05) is 59.2 Å². The van der Waals surface area contributed by atoms with Crippen LogP contribution in [0.4, 0.5) is 0 Å². The Balaban J connectivity index is 1.29. The normalized spacial score (nSPS) is 21.8. The fourth-order valence-electron chi connectivity index (χ4n) is 6.24. The minimum absolute atomic E-state index is 0.0444. The first kappa shape index (κ1) is 26.0. The van der Waals surface area contributed by atoms with E-state index in [1.54, 1.807) is 5.06 Å². The summed E-state index contributed by atoms with van der Waals surface area (Å²) in [5, 5.41) is 1.77. The SMILES string of the molecule is Cc1cc(C)c(C2C(=O)CC3(CCN(C(=O)CCN(C)OC4CCOCC4)CC3)CC2=O)c(C)c1. The van der Waals surface area contributed by atoms with Gasteiger partial charge in [0.1, 0.15) is 17.5 Å². The van der Waals surface area contributed by atoms with Gasteiger partial charge < -0.3 is 9.64 Å². The highest BCUT2D eigenvalue weighted by Crippen LogP contribution is 2.46. The van der Waals surface area contributed by atoms with Gasteiger partial charge in [-0.2, -0.15) is 5.06 Å². The average molecular weight is 485 g/mol. The second kappa shape index (κ2) is 10.9. The Kier molecular flexibility index (Phi) is 8.09. The van der Waals surface area contributed by atoms with Crippen molar-refractivity contribution in [2.45, 2.75) is 77.7 Å². The molecule has 1 saturated carbocycles. The number of carbonyl (C=O) groups excluding carboxylic acids is 3. The van der Waals surface area contributed by atoms with Crippen LogP contribution < -0.4 is 0 Å². The number of hydrogen-bond donors (Lipinski definition) is 0. The van der Waals surface area contributed by atoms with Crippen LogP contribution in [0.2, 0.25) is 0 Å². The highest BCUT2D eigenvalue weighted by molar-refractivity contribution is 6.10. The van der Waals surface area contributed by atoms with Crippen molar-refractivity contribution in [1.29, 1.82) is 0 Å². The second-order valence-electron chi connectivity index (χ2n) is 10.9. The summed E-state index contributed by atoms with van der Waals surface area (Å²) in [6.07, 6.45) is 4.61. The smallest absolute Gasteiger partial charge is 0.223 e. The molecular weight excluding hydrogens is 444 g/mol. The molecule has 1 aliphatic carbocycles. The van der Waals surface area contributed by atoms with Crippen LogP contribution in [0, 0.1) is 26.2 Å². The highest BCUT2D eigenvalue weighted by Gasteiger charge is 2.47. The van der Waals surface area contributed by atoms with E-state index in [4.69, 9.17) is 9.57 Å². The van der Waals surface area contributed by atoms with Crippen LogP contribution in [0.1, 0.15) is 73.1 Å². The molecule has 7 nitrogen and oxygen atoms in total. The maximum atomic E-state index is 13.3. The molecule has 2 heterocycles. The van der Waals surface area contributed by atoms with E-state index >= 15 is 0 Å². The zero-order valence-corrected chi connectivity index (χ0v) is 21.7. The van der Waals surface area contributed by atoms with Crippen molar-refractivity contribution in [3.05, 3.63) is 34.4 Å². The van der Waals surface area contributed by atoms with E-state index in [0.29, 0.717) is 51.7 Å². The standard InChI is InChI=1S/C28H40N2O5/c1-19-15-20(2)26(21(3)16-19)27-23(31)17-28(18-24(27)32)8-11-30(12-9-28)25(33)5-10-29(4)35-22-6-13-34-14-7-22/h15-16,22,27H,5-14,17-18H2,1-4H3. The molecule has 1 amide bonds. The largest absolute Gasteiger partial charge is 0.381 e. The predicted molar refractivity (Wildman–Crippen MR) is 133 cm³/mol. The summed E-state index contributed by atoms with van der Waals surface area (Å²) in [6, 6.07) is 4.12. The molecule has 1 aromatic rings. The van der Waals surface area contributed by atoms with Gasteiger partial charge in [-0.3, -0.25) is 19.2 Å². The van der Waals surface area contributed by atoms with Crippen LogP contribution in [0.3, 0.4) is 0 Å². The van der Waals surface area contributed by atoms with E-state index in [-0.39, 0.29) is 29.0 Å². The monoisotopic (exact) mass is 484 g/mol. The van der Waals surface area contributed by atoms with Gasteiger partial charge in [-0.15, -0.1) is 0 Å². The molecule has 3 aliphatic rings. The van der Waals surface area contributed by atoms with Crippen LogP contribution in [0.15, 0.2) is 12.1 Å². The van der Waals surface area contributed by atoms with Crippen LogP contribution in [0.5, 0.6) is 0 Å². The number of benzene rings is 1. The van der Waals surface area contributed by atoms with Crippen LogP contribution in [-0.2, 0) is 24.0 Å². The van der Waals surface area contributed by atoms with Crippen molar-refractivity contribution < 1.29 is 24.0 Å². The molecule has 1 aromatic carbocycles. The van der Waals surface area contributed by atoms with Crippen molar-refractivity contribution in [3.8, 4) is 0 Å². The first-order chi connectivity index (χ1) is 16.7. The first-order valence-electron chi connectivity index (χ1n) is 13.0. The number of carbonyl (C=O) groups is 3. The van der Waals surface area contributed by atoms with Gasteiger partial charge in [0.15, 0.2) is 0 Å². The Morgan fingerprint density at radius 3 is 2.20 bits per heavy atom. The number of aryl methyl sites for hydroxylation is 3. The molecule has 0 bridgehead atoms. The molecule has 2 aliphatic heterocycles. The summed E-state index contributed by atoms with van der Waals surface area (Å²) < 4.78 is 5.36. The quantitative estimate of drug-likeness (QED) is 0.453. The number of ether oxygens (including phenoxy) is 1. The van der Waals surface area contributed by atoms with Gasteiger partial charge in [0.05, 0.1) is 6.10 Å². The fraction of sp³-hybridized carbons (Fsp3) is 0.679. The molecule has 0 aromatic heterocycles. The molecule has 0 atom stereocenters. The lowest BCUT2D eigenvalue weighted by atomic mass is 9.62. The zero-order chi connectivity index (χ0) is 25.2. The van der Waals surface area contributed by atoms with E-state index in [2.05, 4.69) is 12.1 Å². The number of amides is 1. The van der Waals surface area contributed by atoms with E-state index in [0.717, 1.165) is 48.3 Å². The number of piperidine rings is 1. The van der Waals surface area contributed by atoms with E-state index < -0.39 is 5.92 Å². The number of likely N-dealkylation sites (tertiary alicyclic amines) is 1. The van der Waals surface area contributed by atoms with Crippen molar-refractivity contribution in [1.82, 2.24) is 9.96 Å². The van der Waals surface area contributed by atoms with Crippen molar-refractivity contribution >= 4 is 17.5 Å². The Morgan fingerprint density at radius 2 is 1.63 bits per heavy atom. The number of Topliss-reactive ketones (excluding diaryl/α,β-unsaturated/α-hetero) is 2. The lowest BCUT2D eigenvalue weighted by molar-refractivity contribution is -0.201. The first-order valence-corrected chi connectivity index (χ1v) is 13.0. The molecule has 7 heteroatoms. The summed E-state index contributed by atoms with van der Waals surface area (Å²) in [4.78, 5) is 47.2. The summed E-state index contributed by atoms with van der Waals surface area (Å²) in [6.45, 7) is 9.24. The van der Waals surface area contributed by atoms with Crippen LogP contribution in [-0.4, -0.2) is 73.4 Å². The summed E-state index contributed by atoms with van der Waals surface area (Å²) in [7, 11) is 1.88. The maximum absolute atomic E-state index is 13.3. The summed E-state index contributed by atoms with van der Waals surface area (Å²) in [5.41, 5.74) is 3.80. The topological polar surface area (TPSA) is 76.2 Å². The number of nitrogens with zero attached hydrogens (tertiary/aromatic N) is 2. The van der Waals surface area contributed by atoms with Gasteiger partial charge in [0.25, 0.3) is 0 Å². The molecule has 4 rings (SSSR count). The van der Waals surface area contributed by atoms with Gasteiger partial charge >= 0.3 is 0 Å². The van der Waals surface area contributed by atoms with Crippen molar-refractivity contribution in [2.75, 3.05) is 39.9 Å². The number of hydrogen-bond acceptors (Lipinski definition) is 6.